The third-order valence-corrected chi connectivity index (χ3v) is 4.76. The van der Waals surface area contributed by atoms with E-state index in [0.717, 1.165) is 29.9 Å². The molecular formula is C24H26Cl2N2O3. The van der Waals surface area contributed by atoms with Gasteiger partial charge in [-0.3, -0.25) is 4.79 Å². The highest BCUT2D eigenvalue weighted by molar-refractivity contribution is 6.30. The number of aliphatic hydroxyl groups is 1. The fourth-order valence-corrected chi connectivity index (χ4v) is 3.20. The number of benzene rings is 3. The number of nitrogens with one attached hydrogen (secondary N) is 2. The summed E-state index contributed by atoms with van der Waals surface area (Å²) in [5.74, 6) is 0.191. The van der Waals surface area contributed by atoms with E-state index in [1.54, 1.807) is 24.3 Å². The second kappa shape index (κ2) is 12.3. The Kier molecular flexibility index (Phi) is 9.82. The van der Waals surface area contributed by atoms with Gasteiger partial charge < -0.3 is 20.5 Å². The summed E-state index contributed by atoms with van der Waals surface area (Å²) in [7, 11) is 0. The summed E-state index contributed by atoms with van der Waals surface area (Å²) in [5.41, 5.74) is 3.90. The summed E-state index contributed by atoms with van der Waals surface area (Å²) < 4.78 is 5.03. The molecule has 0 saturated heterocycles. The topological polar surface area (TPSA) is 70.6 Å². The van der Waals surface area contributed by atoms with Gasteiger partial charge in [0.2, 0.25) is 0 Å². The minimum absolute atomic E-state index is 0. The summed E-state index contributed by atoms with van der Waals surface area (Å²) in [6.45, 7) is 2.62. The minimum Gasteiger partial charge on any atom is -0.427 e. The Labute approximate surface area is 193 Å². The van der Waals surface area contributed by atoms with Crippen molar-refractivity contribution >= 4 is 41.4 Å². The Morgan fingerprint density at radius 1 is 1.03 bits per heavy atom. The van der Waals surface area contributed by atoms with Gasteiger partial charge in [0.05, 0.1) is 6.10 Å². The lowest BCUT2D eigenvalue weighted by molar-refractivity contribution is -0.131. The first-order valence-corrected chi connectivity index (χ1v) is 10.2. The van der Waals surface area contributed by atoms with Gasteiger partial charge in [-0.1, -0.05) is 35.9 Å². The molecule has 3 aromatic carbocycles. The number of carbonyl (C=O) groups excluding carboxylic acids is 1. The lowest BCUT2D eigenvalue weighted by atomic mass is 10.1. The monoisotopic (exact) mass is 460 g/mol. The fourth-order valence-electron chi connectivity index (χ4n) is 3.00. The van der Waals surface area contributed by atoms with Gasteiger partial charge in [0.15, 0.2) is 0 Å². The smallest absolute Gasteiger partial charge is 0.308 e. The number of esters is 1. The average molecular weight is 461 g/mol. The van der Waals surface area contributed by atoms with Crippen molar-refractivity contribution in [3.05, 3.63) is 88.9 Å². The second-order valence-electron chi connectivity index (χ2n) is 6.96. The van der Waals surface area contributed by atoms with Crippen LogP contribution >= 0.6 is 24.0 Å². The molecule has 0 amide bonds. The van der Waals surface area contributed by atoms with E-state index in [4.69, 9.17) is 16.3 Å². The molecule has 3 rings (SSSR count). The number of hydrogen-bond acceptors (Lipinski definition) is 5. The van der Waals surface area contributed by atoms with E-state index in [1.807, 2.05) is 36.4 Å². The molecule has 0 aliphatic carbocycles. The first-order chi connectivity index (χ1) is 14.5. The minimum atomic E-state index is -0.581. The predicted octanol–water partition coefficient (Wildman–Crippen LogP) is 5.30. The van der Waals surface area contributed by atoms with E-state index >= 15 is 0 Å². The number of halogens is 2. The maximum Gasteiger partial charge on any atom is 0.308 e. The van der Waals surface area contributed by atoms with Gasteiger partial charge in [0.25, 0.3) is 0 Å². The highest BCUT2D eigenvalue weighted by atomic mass is 35.5. The van der Waals surface area contributed by atoms with Gasteiger partial charge >= 0.3 is 5.97 Å². The van der Waals surface area contributed by atoms with Gasteiger partial charge in [-0.05, 0) is 72.6 Å². The van der Waals surface area contributed by atoms with Gasteiger partial charge in [0.1, 0.15) is 5.75 Å². The molecule has 164 valence electrons. The van der Waals surface area contributed by atoms with Crippen molar-refractivity contribution in [2.24, 2.45) is 0 Å². The largest absolute Gasteiger partial charge is 0.427 e. The third kappa shape index (κ3) is 8.23. The summed E-state index contributed by atoms with van der Waals surface area (Å²) >= 11 is 5.96. The Bertz CT molecular complexity index is 963. The molecule has 0 bridgehead atoms. The molecule has 0 fully saturated rings. The Hall–Kier alpha value is -2.57. The van der Waals surface area contributed by atoms with Crippen LogP contribution in [-0.4, -0.2) is 24.2 Å². The predicted molar refractivity (Wildman–Crippen MR) is 128 cm³/mol. The standard InChI is InChI=1S/C24H25ClN2O3.ClH/c1-17(28)30-23-11-9-22(10-12-23)27-21-7-5-18(6-8-21)13-14-26-16-24(29)19-3-2-4-20(25)15-19;/h2-12,15,24,26-27,29H,13-14,16H2,1H3;1H/t24-;/m1./s1. The first kappa shape index (κ1) is 24.7. The van der Waals surface area contributed by atoms with Gasteiger partial charge in [-0.15, -0.1) is 12.4 Å². The van der Waals surface area contributed by atoms with Crippen molar-refractivity contribution in [3.8, 4) is 5.75 Å². The third-order valence-electron chi connectivity index (χ3n) is 4.52. The quantitative estimate of drug-likeness (QED) is 0.229. The van der Waals surface area contributed by atoms with Crippen LogP contribution in [0.4, 0.5) is 11.4 Å². The summed E-state index contributed by atoms with van der Waals surface area (Å²) in [5, 5.41) is 17.4. The van der Waals surface area contributed by atoms with Crippen molar-refractivity contribution in [3.63, 3.8) is 0 Å². The van der Waals surface area contributed by atoms with Crippen LogP contribution in [-0.2, 0) is 11.2 Å². The number of anilines is 2. The second-order valence-corrected chi connectivity index (χ2v) is 7.40. The van der Waals surface area contributed by atoms with Crippen molar-refractivity contribution in [2.45, 2.75) is 19.4 Å². The molecule has 0 aliphatic rings. The van der Waals surface area contributed by atoms with E-state index in [2.05, 4.69) is 22.8 Å². The summed E-state index contributed by atoms with van der Waals surface area (Å²) in [4.78, 5) is 11.0. The first-order valence-electron chi connectivity index (χ1n) is 9.78. The maximum atomic E-state index is 11.0. The molecule has 1 atom stereocenters. The molecule has 31 heavy (non-hydrogen) atoms. The van der Waals surface area contributed by atoms with Crippen LogP contribution in [0.3, 0.4) is 0 Å². The van der Waals surface area contributed by atoms with E-state index in [9.17, 15) is 9.90 Å². The van der Waals surface area contributed by atoms with Gasteiger partial charge in [0, 0.05) is 29.9 Å². The molecule has 7 heteroatoms. The molecule has 0 unspecified atom stereocenters. The van der Waals surface area contributed by atoms with E-state index < -0.39 is 6.10 Å². The molecule has 3 N–H and O–H groups in total. The van der Waals surface area contributed by atoms with E-state index in [1.165, 1.54) is 12.5 Å². The van der Waals surface area contributed by atoms with Crippen LogP contribution in [0, 0.1) is 0 Å². The zero-order valence-electron chi connectivity index (χ0n) is 17.2. The van der Waals surface area contributed by atoms with Crippen LogP contribution in [0.25, 0.3) is 0 Å². The van der Waals surface area contributed by atoms with Gasteiger partial charge in [-0.25, -0.2) is 0 Å². The average Bonchev–Trinajstić information content (AvgIpc) is 2.73. The Balaban J connectivity index is 0.00000341. The van der Waals surface area contributed by atoms with Crippen molar-refractivity contribution < 1.29 is 14.6 Å². The normalized spacial score (nSPS) is 11.3. The molecule has 0 aromatic heterocycles. The zero-order chi connectivity index (χ0) is 21.3. The fraction of sp³-hybridized carbons (Fsp3) is 0.208. The van der Waals surface area contributed by atoms with Crippen LogP contribution in [0.15, 0.2) is 72.8 Å². The molecule has 0 saturated carbocycles. The molecule has 0 aliphatic heterocycles. The number of carbonyl (C=O) groups is 1. The highest BCUT2D eigenvalue weighted by Crippen LogP contribution is 2.21. The Morgan fingerprint density at radius 2 is 1.68 bits per heavy atom. The van der Waals surface area contributed by atoms with Crippen LogP contribution in [0.1, 0.15) is 24.2 Å². The Morgan fingerprint density at radius 3 is 2.29 bits per heavy atom. The molecule has 3 aromatic rings. The van der Waals surface area contributed by atoms with E-state index in [0.29, 0.717) is 17.3 Å². The molecule has 0 radical (unpaired) electrons. The van der Waals surface area contributed by atoms with Gasteiger partial charge in [-0.2, -0.15) is 0 Å². The number of hydrogen-bond donors (Lipinski definition) is 3. The molecule has 0 spiro atoms. The summed E-state index contributed by atoms with van der Waals surface area (Å²) in [6, 6.07) is 22.7. The molecule has 0 heterocycles. The van der Waals surface area contributed by atoms with Crippen molar-refractivity contribution in [1.29, 1.82) is 0 Å². The maximum absolute atomic E-state index is 11.0. The lowest BCUT2D eigenvalue weighted by Gasteiger charge is -2.13. The van der Waals surface area contributed by atoms with Crippen LogP contribution in [0.2, 0.25) is 5.02 Å². The van der Waals surface area contributed by atoms with E-state index in [-0.39, 0.29) is 18.4 Å². The number of rotatable bonds is 9. The lowest BCUT2D eigenvalue weighted by Crippen LogP contribution is -2.23. The number of aliphatic hydroxyl groups excluding tert-OH is 1. The van der Waals surface area contributed by atoms with Crippen LogP contribution in [0.5, 0.6) is 5.75 Å². The SMILES string of the molecule is CC(=O)Oc1ccc(Nc2ccc(CCNC[C@@H](O)c3cccc(Cl)c3)cc2)cc1.Cl. The van der Waals surface area contributed by atoms with Crippen molar-refractivity contribution in [1.82, 2.24) is 5.32 Å². The van der Waals surface area contributed by atoms with Crippen LogP contribution < -0.4 is 15.4 Å². The highest BCUT2D eigenvalue weighted by Gasteiger charge is 2.07. The zero-order valence-corrected chi connectivity index (χ0v) is 18.7. The number of ether oxygens (including phenoxy) is 1. The van der Waals surface area contributed by atoms with Crippen molar-refractivity contribution in [2.75, 3.05) is 18.4 Å². The summed E-state index contributed by atoms with van der Waals surface area (Å²) in [6.07, 6.45) is 0.280. The molecular weight excluding hydrogens is 435 g/mol. The molecule has 5 nitrogen and oxygen atoms in total.